The van der Waals surface area contributed by atoms with Crippen LogP contribution in [0.3, 0.4) is 0 Å². The Morgan fingerprint density at radius 1 is 0.406 bits per heavy atom. The van der Waals surface area contributed by atoms with Crippen molar-refractivity contribution >= 4 is 23.0 Å². The van der Waals surface area contributed by atoms with Gasteiger partial charge in [0.1, 0.15) is 22.5 Å². The summed E-state index contributed by atoms with van der Waals surface area (Å²) in [4.78, 5) is 27.3. The van der Waals surface area contributed by atoms with E-state index in [0.29, 0.717) is 24.3 Å². The maximum Gasteiger partial charge on any atom is 0.311 e. The minimum Gasteiger partial charge on any atom is -0.427 e. The summed E-state index contributed by atoms with van der Waals surface area (Å²) in [5.41, 5.74) is 5.58. The van der Waals surface area contributed by atoms with E-state index in [2.05, 4.69) is 81.5 Å². The molecular weight excluding hydrogens is 851 g/mol. The van der Waals surface area contributed by atoms with Crippen LogP contribution in [0.15, 0.2) is 109 Å². The molecule has 0 bridgehead atoms. The standard InChI is InChI=1S/C62H89N3O4/c1-4-7-10-13-16-18-20-22-24-26-28-30-32-34-37-40-59(66)68-55-46-42-53(43-47-55)57-50-51-58(62-61(57)63-65(64-62)52-39-36-15-12-9-6-3)54-44-48-56(49-45-54)69-60(67)41-38-35-33-31-29-27-25-23-21-19-17-14-11-8-5-2/h16-19,22-25,42-51H,4-15,20-21,26-41,52H2,1-3H3/b18-16-,19-17-,24-22-,25-23-. The molecule has 7 heteroatoms. The Bertz CT molecular complexity index is 1950. The van der Waals surface area contributed by atoms with Crippen molar-refractivity contribution in [2.45, 2.75) is 220 Å². The van der Waals surface area contributed by atoms with Gasteiger partial charge in [0.2, 0.25) is 0 Å². The molecule has 0 aliphatic carbocycles. The van der Waals surface area contributed by atoms with Gasteiger partial charge in [0.15, 0.2) is 0 Å². The summed E-state index contributed by atoms with van der Waals surface area (Å²) in [6, 6.07) is 19.7. The van der Waals surface area contributed by atoms with Crippen LogP contribution in [0.1, 0.15) is 213 Å². The smallest absolute Gasteiger partial charge is 0.311 e. The molecule has 4 aromatic rings. The summed E-state index contributed by atoms with van der Waals surface area (Å²) in [7, 11) is 0. The van der Waals surface area contributed by atoms with Crippen LogP contribution in [-0.4, -0.2) is 26.9 Å². The molecular formula is C62H89N3O4. The number of fused-ring (bicyclic) bond motifs is 1. The van der Waals surface area contributed by atoms with Gasteiger partial charge < -0.3 is 9.47 Å². The molecule has 1 aromatic heterocycles. The van der Waals surface area contributed by atoms with Crippen LogP contribution >= 0.6 is 0 Å². The lowest BCUT2D eigenvalue weighted by molar-refractivity contribution is -0.135. The highest BCUT2D eigenvalue weighted by Gasteiger charge is 2.17. The SMILES string of the molecule is CCCCC/C=C\C/C=C\CCCCCCCC(=O)Oc1ccc(-c2ccc(-c3ccc(OC(=O)CCCCCCC/C=C\C/C=C\CCCCC)cc3)c3nn(CCCCCCCC)nc23)cc1. The minimum atomic E-state index is -0.185. The number of hydrogen-bond acceptors (Lipinski definition) is 6. The number of rotatable bonds is 39. The third-order valence-corrected chi connectivity index (χ3v) is 12.8. The van der Waals surface area contributed by atoms with E-state index in [1.54, 1.807) is 0 Å². The van der Waals surface area contributed by atoms with E-state index in [1.807, 2.05) is 53.3 Å². The predicted octanol–water partition coefficient (Wildman–Crippen LogP) is 18.6. The fraction of sp³-hybridized carbons (Fsp3) is 0.548. The zero-order chi connectivity index (χ0) is 48.8. The van der Waals surface area contributed by atoms with Gasteiger partial charge in [-0.2, -0.15) is 15.0 Å². The summed E-state index contributed by atoms with van der Waals surface area (Å²) < 4.78 is 11.5. The third kappa shape index (κ3) is 24.4. The first kappa shape index (κ1) is 56.5. The molecule has 0 fully saturated rings. The predicted molar refractivity (Wildman–Crippen MR) is 292 cm³/mol. The molecule has 3 aromatic carbocycles. The number of benzene rings is 3. The number of ether oxygens (including phenoxy) is 2. The summed E-state index contributed by atoms with van der Waals surface area (Å²) in [6.07, 6.45) is 51.7. The first-order valence-corrected chi connectivity index (χ1v) is 27.6. The van der Waals surface area contributed by atoms with Crippen LogP contribution in [0.25, 0.3) is 33.3 Å². The van der Waals surface area contributed by atoms with Gasteiger partial charge in [-0.15, -0.1) is 0 Å². The van der Waals surface area contributed by atoms with E-state index >= 15 is 0 Å². The normalized spacial score (nSPS) is 11.9. The summed E-state index contributed by atoms with van der Waals surface area (Å²) in [5, 5.41) is 10.1. The number of carbonyl (C=O) groups excluding carboxylic acids is 2. The quantitative estimate of drug-likeness (QED) is 0.0192. The zero-order valence-corrected chi connectivity index (χ0v) is 43.3. The summed E-state index contributed by atoms with van der Waals surface area (Å²) in [6.45, 7) is 7.49. The molecule has 0 radical (unpaired) electrons. The Morgan fingerprint density at radius 3 is 1.14 bits per heavy atom. The molecule has 0 saturated carbocycles. The lowest BCUT2D eigenvalue weighted by Gasteiger charge is -2.09. The first-order chi connectivity index (χ1) is 34.0. The van der Waals surface area contributed by atoms with Crippen molar-refractivity contribution < 1.29 is 19.1 Å². The fourth-order valence-corrected chi connectivity index (χ4v) is 8.57. The third-order valence-electron chi connectivity index (χ3n) is 12.8. The van der Waals surface area contributed by atoms with Crippen molar-refractivity contribution in [3.05, 3.63) is 109 Å². The van der Waals surface area contributed by atoms with Crippen LogP contribution in [0.4, 0.5) is 0 Å². The molecule has 0 amide bonds. The lowest BCUT2D eigenvalue weighted by atomic mass is 9.98. The Labute approximate surface area is 418 Å². The first-order valence-electron chi connectivity index (χ1n) is 27.6. The lowest BCUT2D eigenvalue weighted by Crippen LogP contribution is -2.07. The second-order valence-corrected chi connectivity index (χ2v) is 18.9. The average molecular weight is 940 g/mol. The van der Waals surface area contributed by atoms with Gasteiger partial charge in [-0.3, -0.25) is 9.59 Å². The molecule has 1 heterocycles. The second kappa shape index (κ2) is 36.9. The van der Waals surface area contributed by atoms with Crippen molar-refractivity contribution in [2.75, 3.05) is 0 Å². The molecule has 69 heavy (non-hydrogen) atoms. The number of aromatic nitrogens is 3. The molecule has 0 spiro atoms. The van der Waals surface area contributed by atoms with Gasteiger partial charge in [0.25, 0.3) is 0 Å². The van der Waals surface area contributed by atoms with Crippen molar-refractivity contribution in [1.29, 1.82) is 0 Å². The van der Waals surface area contributed by atoms with Crippen molar-refractivity contribution in [3.63, 3.8) is 0 Å². The number of aryl methyl sites for hydroxylation is 1. The molecule has 376 valence electrons. The Kier molecular flexibility index (Phi) is 30.2. The minimum absolute atomic E-state index is 0.185. The molecule has 0 saturated heterocycles. The van der Waals surface area contributed by atoms with E-state index < -0.39 is 0 Å². The van der Waals surface area contributed by atoms with Gasteiger partial charge in [-0.1, -0.05) is 202 Å². The number of esters is 2. The van der Waals surface area contributed by atoms with Gasteiger partial charge in [0.05, 0.1) is 6.54 Å². The molecule has 4 rings (SSSR count). The molecule has 0 aliphatic rings. The van der Waals surface area contributed by atoms with Crippen LogP contribution in [-0.2, 0) is 16.1 Å². The van der Waals surface area contributed by atoms with Crippen LogP contribution in [0.2, 0.25) is 0 Å². The van der Waals surface area contributed by atoms with E-state index in [4.69, 9.17) is 19.7 Å². The van der Waals surface area contributed by atoms with Gasteiger partial charge in [-0.05, 0) is 119 Å². The van der Waals surface area contributed by atoms with Gasteiger partial charge in [0, 0.05) is 24.0 Å². The highest BCUT2D eigenvalue weighted by molar-refractivity contribution is 6.00. The van der Waals surface area contributed by atoms with Gasteiger partial charge in [-0.25, -0.2) is 0 Å². The zero-order valence-electron chi connectivity index (χ0n) is 43.3. The summed E-state index contributed by atoms with van der Waals surface area (Å²) in [5.74, 6) is 0.738. The largest absolute Gasteiger partial charge is 0.427 e. The molecule has 0 atom stereocenters. The van der Waals surface area contributed by atoms with E-state index in [-0.39, 0.29) is 11.9 Å². The molecule has 0 N–H and O–H groups in total. The Balaban J connectivity index is 1.24. The van der Waals surface area contributed by atoms with Gasteiger partial charge >= 0.3 is 11.9 Å². The van der Waals surface area contributed by atoms with E-state index in [1.165, 1.54) is 103 Å². The van der Waals surface area contributed by atoms with Crippen LogP contribution in [0, 0.1) is 0 Å². The highest BCUT2D eigenvalue weighted by Crippen LogP contribution is 2.35. The molecule has 0 unspecified atom stereocenters. The fourth-order valence-electron chi connectivity index (χ4n) is 8.57. The number of allylic oxidation sites excluding steroid dienone is 8. The van der Waals surface area contributed by atoms with Crippen molar-refractivity contribution in [1.82, 2.24) is 15.0 Å². The van der Waals surface area contributed by atoms with Crippen molar-refractivity contribution in [3.8, 4) is 33.8 Å². The molecule has 0 aliphatic heterocycles. The monoisotopic (exact) mass is 940 g/mol. The Hall–Kier alpha value is -5.04. The van der Waals surface area contributed by atoms with Crippen LogP contribution in [0.5, 0.6) is 11.5 Å². The molecule has 7 nitrogen and oxygen atoms in total. The van der Waals surface area contributed by atoms with E-state index in [9.17, 15) is 9.59 Å². The number of nitrogens with zero attached hydrogens (tertiary/aromatic N) is 3. The summed E-state index contributed by atoms with van der Waals surface area (Å²) >= 11 is 0. The van der Waals surface area contributed by atoms with E-state index in [0.717, 1.165) is 117 Å². The second-order valence-electron chi connectivity index (χ2n) is 18.9. The number of hydrogen-bond donors (Lipinski definition) is 0. The average Bonchev–Trinajstić information content (AvgIpc) is 3.79. The topological polar surface area (TPSA) is 83.3 Å². The Morgan fingerprint density at radius 2 is 0.739 bits per heavy atom. The maximum absolute atomic E-state index is 12.7. The van der Waals surface area contributed by atoms with Crippen molar-refractivity contribution in [2.24, 2.45) is 0 Å². The van der Waals surface area contributed by atoms with Crippen LogP contribution < -0.4 is 9.47 Å². The maximum atomic E-state index is 12.7. The number of carbonyl (C=O) groups is 2. The number of unbranched alkanes of at least 4 members (excludes halogenated alkanes) is 21. The highest BCUT2D eigenvalue weighted by atomic mass is 16.5.